The van der Waals surface area contributed by atoms with E-state index in [2.05, 4.69) is 23.6 Å². The molecule has 4 nitrogen and oxygen atoms in total. The third kappa shape index (κ3) is 3.76. The first-order valence-corrected chi connectivity index (χ1v) is 8.96. The summed E-state index contributed by atoms with van der Waals surface area (Å²) in [6, 6.07) is 6.02. The van der Waals surface area contributed by atoms with Crippen molar-refractivity contribution in [2.45, 2.75) is 34.1 Å². The maximum Gasteiger partial charge on any atom is 0.341 e. The van der Waals surface area contributed by atoms with E-state index in [1.54, 1.807) is 0 Å². The largest absolute Gasteiger partial charge is 0.465 e. The molecule has 0 saturated heterocycles. The monoisotopic (exact) mass is 362 g/mol. The highest BCUT2D eigenvalue weighted by Crippen LogP contribution is 2.34. The molecule has 1 aromatic carbocycles. The minimum absolute atomic E-state index is 0.340. The molecule has 2 rings (SSSR count). The van der Waals surface area contributed by atoms with Gasteiger partial charge in [-0.2, -0.15) is 0 Å². The number of carbonyl (C=O) groups is 1. The lowest BCUT2D eigenvalue weighted by atomic mass is 10.1. The van der Waals surface area contributed by atoms with Gasteiger partial charge in [-0.25, -0.2) is 4.79 Å². The molecule has 0 unspecified atom stereocenters. The number of aryl methyl sites for hydroxylation is 2. The molecule has 24 heavy (non-hydrogen) atoms. The summed E-state index contributed by atoms with van der Waals surface area (Å²) in [5.74, 6) is -0.340. The fourth-order valence-corrected chi connectivity index (χ4v) is 3.97. The van der Waals surface area contributed by atoms with Crippen LogP contribution in [0.1, 0.15) is 38.8 Å². The van der Waals surface area contributed by atoms with Crippen molar-refractivity contribution in [2.24, 2.45) is 0 Å². The molecular formula is C18H22N2O2S2. The molecule has 128 valence electrons. The molecule has 2 N–H and O–H groups in total. The second kappa shape index (κ2) is 7.77. The number of methoxy groups -OCH3 is 1. The first-order valence-electron chi connectivity index (χ1n) is 7.73. The molecular weight excluding hydrogens is 340 g/mol. The molecule has 6 heteroatoms. The van der Waals surface area contributed by atoms with Gasteiger partial charge in [-0.1, -0.05) is 19.1 Å². The number of benzene rings is 1. The van der Waals surface area contributed by atoms with Crippen LogP contribution < -0.4 is 10.6 Å². The van der Waals surface area contributed by atoms with Crippen LogP contribution in [0.5, 0.6) is 0 Å². The summed E-state index contributed by atoms with van der Waals surface area (Å²) in [6.45, 7) is 8.13. The minimum atomic E-state index is -0.340. The Morgan fingerprint density at radius 1 is 1.25 bits per heavy atom. The van der Waals surface area contributed by atoms with Gasteiger partial charge >= 0.3 is 5.97 Å². The Morgan fingerprint density at radius 3 is 2.58 bits per heavy atom. The standard InChI is InChI=1S/C18H22N2O2S2/c1-6-13-12(4)24-16(15(13)17(21)22-5)20-18(23)19-14-9-7-8-10(2)11(14)3/h7-9H,6H2,1-5H3,(H2,19,20,23). The number of hydrogen-bond acceptors (Lipinski definition) is 4. The fourth-order valence-electron chi connectivity index (χ4n) is 2.55. The smallest absolute Gasteiger partial charge is 0.341 e. The van der Waals surface area contributed by atoms with E-state index in [-0.39, 0.29) is 5.97 Å². The van der Waals surface area contributed by atoms with Gasteiger partial charge in [0.2, 0.25) is 0 Å². The zero-order valence-corrected chi connectivity index (χ0v) is 16.2. The summed E-state index contributed by atoms with van der Waals surface area (Å²) in [5.41, 5.74) is 4.87. The number of hydrogen-bond donors (Lipinski definition) is 2. The van der Waals surface area contributed by atoms with Crippen molar-refractivity contribution in [1.82, 2.24) is 0 Å². The Morgan fingerprint density at radius 2 is 1.96 bits per heavy atom. The lowest BCUT2D eigenvalue weighted by Gasteiger charge is -2.14. The van der Waals surface area contributed by atoms with Crippen LogP contribution in [0.25, 0.3) is 0 Å². The average Bonchev–Trinajstić information content (AvgIpc) is 2.86. The quantitative estimate of drug-likeness (QED) is 0.602. The van der Waals surface area contributed by atoms with Crippen LogP contribution in [-0.2, 0) is 11.2 Å². The summed E-state index contributed by atoms with van der Waals surface area (Å²) < 4.78 is 4.93. The Kier molecular flexibility index (Phi) is 5.96. The van der Waals surface area contributed by atoms with Crippen LogP contribution in [0, 0.1) is 20.8 Å². The van der Waals surface area contributed by atoms with Gasteiger partial charge in [0.25, 0.3) is 0 Å². The zero-order valence-electron chi connectivity index (χ0n) is 14.6. The predicted molar refractivity (Wildman–Crippen MR) is 106 cm³/mol. The Balaban J connectivity index is 2.26. The van der Waals surface area contributed by atoms with Crippen LogP contribution >= 0.6 is 23.6 Å². The van der Waals surface area contributed by atoms with Crippen molar-refractivity contribution in [3.8, 4) is 0 Å². The van der Waals surface area contributed by atoms with Crippen LogP contribution in [0.2, 0.25) is 0 Å². The Hall–Kier alpha value is -1.92. The molecule has 2 aromatic rings. The van der Waals surface area contributed by atoms with Gasteiger partial charge in [-0.05, 0) is 62.2 Å². The number of ether oxygens (including phenoxy) is 1. The first-order chi connectivity index (χ1) is 11.4. The fraction of sp³-hybridized carbons (Fsp3) is 0.333. The molecule has 1 heterocycles. The third-order valence-electron chi connectivity index (χ3n) is 4.03. The lowest BCUT2D eigenvalue weighted by Crippen LogP contribution is -2.20. The predicted octanol–water partition coefficient (Wildman–Crippen LogP) is 4.83. The Bertz CT molecular complexity index is 782. The maximum atomic E-state index is 12.1. The first kappa shape index (κ1) is 18.4. The summed E-state index contributed by atoms with van der Waals surface area (Å²) in [6.07, 6.45) is 0.769. The van der Waals surface area contributed by atoms with E-state index in [0.29, 0.717) is 10.7 Å². The number of carbonyl (C=O) groups excluding carboxylic acids is 1. The summed E-state index contributed by atoms with van der Waals surface area (Å²) in [4.78, 5) is 13.2. The van der Waals surface area contributed by atoms with Crippen molar-refractivity contribution >= 4 is 45.3 Å². The van der Waals surface area contributed by atoms with E-state index < -0.39 is 0 Å². The highest BCUT2D eigenvalue weighted by molar-refractivity contribution is 7.80. The van der Waals surface area contributed by atoms with Crippen LogP contribution in [0.3, 0.4) is 0 Å². The topological polar surface area (TPSA) is 50.4 Å². The van der Waals surface area contributed by atoms with E-state index in [1.807, 2.05) is 32.9 Å². The molecule has 0 aliphatic carbocycles. The van der Waals surface area contributed by atoms with Crippen molar-refractivity contribution in [2.75, 3.05) is 17.7 Å². The molecule has 0 aliphatic heterocycles. The summed E-state index contributed by atoms with van der Waals surface area (Å²) in [7, 11) is 1.39. The van der Waals surface area contributed by atoms with Gasteiger partial charge in [0, 0.05) is 10.6 Å². The number of anilines is 2. The molecule has 0 atom stereocenters. The van der Waals surface area contributed by atoms with E-state index >= 15 is 0 Å². The average molecular weight is 363 g/mol. The number of thiophene rings is 1. The van der Waals surface area contributed by atoms with Gasteiger partial charge in [-0.3, -0.25) is 0 Å². The van der Waals surface area contributed by atoms with Gasteiger partial charge in [-0.15, -0.1) is 11.3 Å². The van der Waals surface area contributed by atoms with Gasteiger partial charge in [0.1, 0.15) is 5.00 Å². The third-order valence-corrected chi connectivity index (χ3v) is 5.30. The van der Waals surface area contributed by atoms with Gasteiger partial charge < -0.3 is 15.4 Å². The highest BCUT2D eigenvalue weighted by atomic mass is 32.1. The zero-order chi connectivity index (χ0) is 17.9. The van der Waals surface area contributed by atoms with Crippen molar-refractivity contribution in [3.63, 3.8) is 0 Å². The van der Waals surface area contributed by atoms with E-state index in [9.17, 15) is 4.79 Å². The van der Waals surface area contributed by atoms with Crippen LogP contribution in [-0.4, -0.2) is 18.2 Å². The Labute approximate surface area is 152 Å². The van der Waals surface area contributed by atoms with Gasteiger partial charge in [0.05, 0.1) is 12.7 Å². The normalized spacial score (nSPS) is 10.4. The molecule has 0 spiro atoms. The van der Waals surface area contributed by atoms with Crippen molar-refractivity contribution in [1.29, 1.82) is 0 Å². The second-order valence-electron chi connectivity index (χ2n) is 5.51. The van der Waals surface area contributed by atoms with Gasteiger partial charge in [0.15, 0.2) is 5.11 Å². The molecule has 0 amide bonds. The number of thiocarbonyl (C=S) groups is 1. The van der Waals surface area contributed by atoms with E-state index in [4.69, 9.17) is 17.0 Å². The van der Waals surface area contributed by atoms with Crippen LogP contribution in [0.4, 0.5) is 10.7 Å². The van der Waals surface area contributed by atoms with Crippen molar-refractivity contribution in [3.05, 3.63) is 45.3 Å². The molecule has 0 saturated carbocycles. The highest BCUT2D eigenvalue weighted by Gasteiger charge is 2.22. The molecule has 0 aliphatic rings. The summed E-state index contributed by atoms with van der Waals surface area (Å²) >= 11 is 6.94. The number of nitrogens with one attached hydrogen (secondary N) is 2. The molecule has 1 aromatic heterocycles. The van der Waals surface area contributed by atoms with E-state index in [1.165, 1.54) is 24.0 Å². The van der Waals surface area contributed by atoms with E-state index in [0.717, 1.165) is 33.1 Å². The number of esters is 1. The maximum absolute atomic E-state index is 12.1. The lowest BCUT2D eigenvalue weighted by molar-refractivity contribution is 0.0601. The van der Waals surface area contributed by atoms with Crippen LogP contribution in [0.15, 0.2) is 18.2 Å². The number of rotatable bonds is 4. The van der Waals surface area contributed by atoms with Crippen molar-refractivity contribution < 1.29 is 9.53 Å². The molecule has 0 fully saturated rings. The molecule has 0 bridgehead atoms. The second-order valence-corrected chi connectivity index (χ2v) is 7.15. The summed E-state index contributed by atoms with van der Waals surface area (Å²) in [5, 5.41) is 7.54. The minimum Gasteiger partial charge on any atom is -0.465 e. The SMILES string of the molecule is CCc1c(C)sc(NC(=S)Nc2cccc(C)c2C)c1C(=O)OC. The molecule has 0 radical (unpaired) electrons.